The molecule has 1 aliphatic rings. The van der Waals surface area contributed by atoms with E-state index in [9.17, 15) is 13.6 Å². The Kier molecular flexibility index (Phi) is 4.95. The third kappa shape index (κ3) is 3.38. The molecule has 1 aliphatic carbocycles. The van der Waals surface area contributed by atoms with Gasteiger partial charge in [-0.2, -0.15) is 5.10 Å². The van der Waals surface area contributed by atoms with Crippen molar-refractivity contribution >= 4 is 27.8 Å². The molecule has 6 rings (SSSR count). The molecule has 2 aromatic carbocycles. The fourth-order valence-electron chi connectivity index (χ4n) is 4.56. The molecule has 0 bridgehead atoms. The Labute approximate surface area is 203 Å². The van der Waals surface area contributed by atoms with Crippen LogP contribution in [-0.2, 0) is 0 Å². The van der Waals surface area contributed by atoms with Gasteiger partial charge in [0.2, 0.25) is 0 Å². The van der Waals surface area contributed by atoms with Crippen molar-refractivity contribution in [3.63, 3.8) is 0 Å². The lowest BCUT2D eigenvalue weighted by Gasteiger charge is -2.19. The lowest BCUT2D eigenvalue weighted by atomic mass is 10.1. The summed E-state index contributed by atoms with van der Waals surface area (Å²) in [4.78, 5) is 26.6. The van der Waals surface area contributed by atoms with Crippen molar-refractivity contribution in [2.75, 3.05) is 12.8 Å². The molecule has 11 heteroatoms. The van der Waals surface area contributed by atoms with E-state index >= 15 is 0 Å². The zero-order chi connectivity index (χ0) is 25.1. The number of hydrogen-bond acceptors (Lipinski definition) is 7. The van der Waals surface area contributed by atoms with Crippen molar-refractivity contribution < 1.29 is 13.5 Å². The van der Waals surface area contributed by atoms with Gasteiger partial charge in [-0.05, 0) is 56.2 Å². The molecular formula is C25H21F2N7O2. The smallest absolute Gasteiger partial charge is 0.261 e. The van der Waals surface area contributed by atoms with Gasteiger partial charge in [0.15, 0.2) is 17.2 Å². The van der Waals surface area contributed by atoms with Crippen LogP contribution in [0.25, 0.3) is 33.2 Å². The topological polar surface area (TPSA) is 114 Å². The van der Waals surface area contributed by atoms with Gasteiger partial charge in [-0.25, -0.2) is 28.4 Å². The number of methoxy groups -OCH3 is 1. The predicted octanol–water partition coefficient (Wildman–Crippen LogP) is 4.02. The highest BCUT2D eigenvalue weighted by Gasteiger charge is 2.32. The molecule has 3 aromatic heterocycles. The summed E-state index contributed by atoms with van der Waals surface area (Å²) in [5.41, 5.74) is 7.57. The molecule has 182 valence electrons. The molecular weight excluding hydrogens is 468 g/mol. The minimum absolute atomic E-state index is 0.0215. The van der Waals surface area contributed by atoms with Crippen LogP contribution in [0.2, 0.25) is 0 Å². The molecule has 1 fully saturated rings. The van der Waals surface area contributed by atoms with Crippen molar-refractivity contribution in [3.8, 4) is 17.0 Å². The summed E-state index contributed by atoms with van der Waals surface area (Å²) in [5, 5.41) is 5.43. The maximum Gasteiger partial charge on any atom is 0.261 e. The Morgan fingerprint density at radius 3 is 2.67 bits per heavy atom. The van der Waals surface area contributed by atoms with Gasteiger partial charge < -0.3 is 10.5 Å². The molecule has 0 radical (unpaired) electrons. The number of rotatable bonds is 5. The van der Waals surface area contributed by atoms with Crippen molar-refractivity contribution in [2.45, 2.75) is 31.8 Å². The van der Waals surface area contributed by atoms with Crippen LogP contribution in [0.1, 0.15) is 37.7 Å². The normalized spacial score (nSPS) is 14.4. The van der Waals surface area contributed by atoms with Crippen LogP contribution in [0, 0.1) is 11.6 Å². The number of ether oxygens (including phenoxy) is 1. The van der Waals surface area contributed by atoms with Gasteiger partial charge in [-0.1, -0.05) is 0 Å². The molecule has 36 heavy (non-hydrogen) atoms. The minimum Gasteiger partial charge on any atom is -0.494 e. The maximum absolute atomic E-state index is 14.5. The predicted molar refractivity (Wildman–Crippen MR) is 130 cm³/mol. The molecule has 0 spiro atoms. The second kappa shape index (κ2) is 8.08. The Morgan fingerprint density at radius 1 is 1.14 bits per heavy atom. The Bertz CT molecular complexity index is 1730. The van der Waals surface area contributed by atoms with E-state index in [0.717, 1.165) is 12.8 Å². The first-order valence-electron chi connectivity index (χ1n) is 11.4. The van der Waals surface area contributed by atoms with Crippen LogP contribution in [-0.4, -0.2) is 36.4 Å². The Morgan fingerprint density at radius 2 is 1.94 bits per heavy atom. The summed E-state index contributed by atoms with van der Waals surface area (Å²) in [7, 11) is 1.39. The minimum atomic E-state index is -0.554. The SMILES string of the molecule is COc1ccc(-c2nn(C(C)c3nc4ccc(F)cc4c(=O)n3C3CC3)c3ncnc(N)c23)cc1F. The summed E-state index contributed by atoms with van der Waals surface area (Å²) < 4.78 is 36.7. The van der Waals surface area contributed by atoms with E-state index in [0.29, 0.717) is 33.6 Å². The van der Waals surface area contributed by atoms with E-state index in [1.54, 1.807) is 15.3 Å². The van der Waals surface area contributed by atoms with Gasteiger partial charge in [0, 0.05) is 11.6 Å². The molecule has 1 atom stereocenters. The summed E-state index contributed by atoms with van der Waals surface area (Å²) >= 11 is 0. The molecule has 2 N–H and O–H groups in total. The number of aromatic nitrogens is 6. The van der Waals surface area contributed by atoms with E-state index in [-0.39, 0.29) is 28.6 Å². The van der Waals surface area contributed by atoms with Crippen LogP contribution < -0.4 is 16.0 Å². The van der Waals surface area contributed by atoms with Crippen molar-refractivity contribution in [2.24, 2.45) is 0 Å². The molecule has 5 aromatic rings. The fourth-order valence-corrected chi connectivity index (χ4v) is 4.56. The van der Waals surface area contributed by atoms with Gasteiger partial charge in [0.1, 0.15) is 35.5 Å². The molecule has 1 saturated carbocycles. The molecule has 0 saturated heterocycles. The monoisotopic (exact) mass is 489 g/mol. The van der Waals surface area contributed by atoms with Gasteiger partial charge in [0.05, 0.1) is 23.4 Å². The number of nitrogens with zero attached hydrogens (tertiary/aromatic N) is 6. The molecule has 0 amide bonds. The zero-order valence-electron chi connectivity index (χ0n) is 19.4. The highest BCUT2D eigenvalue weighted by atomic mass is 19.1. The van der Waals surface area contributed by atoms with E-state index in [1.165, 1.54) is 43.8 Å². The van der Waals surface area contributed by atoms with Crippen LogP contribution in [0.3, 0.4) is 0 Å². The summed E-state index contributed by atoms with van der Waals surface area (Å²) in [6.45, 7) is 1.85. The molecule has 0 aliphatic heterocycles. The zero-order valence-corrected chi connectivity index (χ0v) is 19.4. The van der Waals surface area contributed by atoms with Crippen molar-refractivity contribution in [1.29, 1.82) is 0 Å². The number of halogens is 2. The Hall–Kier alpha value is -4.41. The maximum atomic E-state index is 14.5. The van der Waals surface area contributed by atoms with E-state index < -0.39 is 17.7 Å². The molecule has 1 unspecified atom stereocenters. The van der Waals surface area contributed by atoms with Gasteiger partial charge in [-0.15, -0.1) is 0 Å². The van der Waals surface area contributed by atoms with Crippen LogP contribution >= 0.6 is 0 Å². The van der Waals surface area contributed by atoms with Gasteiger partial charge in [-0.3, -0.25) is 9.36 Å². The van der Waals surface area contributed by atoms with Crippen LogP contribution in [0.5, 0.6) is 5.75 Å². The second-order valence-electron chi connectivity index (χ2n) is 8.81. The first kappa shape index (κ1) is 22.1. The van der Waals surface area contributed by atoms with Crippen LogP contribution in [0.4, 0.5) is 14.6 Å². The van der Waals surface area contributed by atoms with Crippen molar-refractivity contribution in [3.05, 3.63) is 70.5 Å². The first-order valence-corrected chi connectivity index (χ1v) is 11.4. The number of nitrogen functional groups attached to an aromatic ring is 1. The summed E-state index contributed by atoms with van der Waals surface area (Å²) in [6, 6.07) is 7.90. The largest absolute Gasteiger partial charge is 0.494 e. The molecule has 3 heterocycles. The van der Waals surface area contributed by atoms with E-state index in [4.69, 9.17) is 20.6 Å². The number of hydrogen-bond donors (Lipinski definition) is 1. The van der Waals surface area contributed by atoms with E-state index in [2.05, 4.69) is 9.97 Å². The lowest BCUT2D eigenvalue weighted by Crippen LogP contribution is -2.28. The first-order chi connectivity index (χ1) is 17.4. The number of anilines is 1. The average molecular weight is 489 g/mol. The number of nitrogens with two attached hydrogens (primary N) is 1. The highest BCUT2D eigenvalue weighted by molar-refractivity contribution is 5.98. The standard InChI is InChI=1S/C25H21F2N7O2/c1-12(23-31-18-7-4-14(26)10-16(18)25(35)33(23)15-5-6-15)34-24-20(22(28)29-11-30-24)21(32-34)13-3-8-19(36-2)17(27)9-13/h3-4,7-12,15H,5-6H2,1-2H3,(H2,28,29,30). The quantitative estimate of drug-likeness (QED) is 0.397. The fraction of sp³-hybridized carbons (Fsp3) is 0.240. The average Bonchev–Trinajstić information content (AvgIpc) is 3.63. The van der Waals surface area contributed by atoms with E-state index in [1.807, 2.05) is 6.92 Å². The summed E-state index contributed by atoms with van der Waals surface area (Å²) in [5.74, 6) is -0.287. The third-order valence-electron chi connectivity index (χ3n) is 6.49. The van der Waals surface area contributed by atoms with Gasteiger partial charge >= 0.3 is 0 Å². The summed E-state index contributed by atoms with van der Waals surface area (Å²) in [6.07, 6.45) is 2.98. The highest BCUT2D eigenvalue weighted by Crippen LogP contribution is 2.38. The Balaban J connectivity index is 1.58. The number of fused-ring (bicyclic) bond motifs is 2. The van der Waals surface area contributed by atoms with Crippen molar-refractivity contribution in [1.82, 2.24) is 29.3 Å². The van der Waals surface area contributed by atoms with Crippen LogP contribution in [0.15, 0.2) is 47.5 Å². The third-order valence-corrected chi connectivity index (χ3v) is 6.49. The number of benzene rings is 2. The second-order valence-corrected chi connectivity index (χ2v) is 8.81. The van der Waals surface area contributed by atoms with Gasteiger partial charge in [0.25, 0.3) is 5.56 Å². The lowest BCUT2D eigenvalue weighted by molar-refractivity contribution is 0.386. The molecule has 9 nitrogen and oxygen atoms in total.